The molecule has 0 saturated heterocycles. The molecule has 0 amide bonds. The van der Waals surface area contributed by atoms with Crippen molar-refractivity contribution in [2.24, 2.45) is 0 Å². The van der Waals surface area contributed by atoms with Crippen LogP contribution >= 0.6 is 11.8 Å². The van der Waals surface area contributed by atoms with Crippen molar-refractivity contribution < 1.29 is 13.5 Å². The summed E-state index contributed by atoms with van der Waals surface area (Å²) < 4.78 is 28.6. The van der Waals surface area contributed by atoms with Crippen LogP contribution in [0.5, 0.6) is 0 Å². The number of hydrogen-bond acceptors (Lipinski definition) is 3. The molecule has 0 aliphatic carbocycles. The van der Waals surface area contributed by atoms with Crippen molar-refractivity contribution in [3.8, 4) is 0 Å². The van der Waals surface area contributed by atoms with Gasteiger partial charge in [0, 0.05) is 17.5 Å². The van der Waals surface area contributed by atoms with Crippen LogP contribution in [0.3, 0.4) is 0 Å². The molecule has 1 aromatic rings. The number of rotatable bonds is 6. The first-order valence-electron chi connectivity index (χ1n) is 6.08. The summed E-state index contributed by atoms with van der Waals surface area (Å²) in [5, 5.41) is 3.37. The van der Waals surface area contributed by atoms with Crippen LogP contribution in [0.4, 0.5) is 8.78 Å². The summed E-state index contributed by atoms with van der Waals surface area (Å²) in [5.41, 5.74) is 1.31. The molecule has 1 heterocycles. The van der Waals surface area contributed by atoms with E-state index in [1.165, 1.54) is 10.5 Å². The van der Waals surface area contributed by atoms with Crippen molar-refractivity contribution in [1.82, 2.24) is 5.32 Å². The zero-order valence-electron chi connectivity index (χ0n) is 10.1. The van der Waals surface area contributed by atoms with E-state index in [2.05, 4.69) is 17.4 Å². The Labute approximate surface area is 110 Å². The van der Waals surface area contributed by atoms with Gasteiger partial charge >= 0.3 is 0 Å². The Morgan fingerprint density at radius 1 is 1.39 bits per heavy atom. The number of ether oxygens (including phenoxy) is 1. The Bertz CT molecular complexity index is 376. The van der Waals surface area contributed by atoms with Gasteiger partial charge in [0.05, 0.1) is 6.61 Å². The minimum Gasteiger partial charge on any atom is -0.374 e. The largest absolute Gasteiger partial charge is 0.374 e. The van der Waals surface area contributed by atoms with Crippen LogP contribution in [0.15, 0.2) is 29.2 Å². The normalized spacial score (nSPS) is 18.9. The highest BCUT2D eigenvalue weighted by Crippen LogP contribution is 2.35. The van der Waals surface area contributed by atoms with Crippen LogP contribution in [-0.4, -0.2) is 31.9 Å². The zero-order chi connectivity index (χ0) is 12.8. The minimum atomic E-state index is -2.38. The first kappa shape index (κ1) is 13.8. The second kappa shape index (κ2) is 7.07. The number of alkyl halides is 2. The zero-order valence-corrected chi connectivity index (χ0v) is 10.9. The molecule has 2 nitrogen and oxygen atoms in total. The smallest absolute Gasteiger partial charge is 0.261 e. The summed E-state index contributed by atoms with van der Waals surface area (Å²) in [6.45, 7) is 0.464. The average Bonchev–Trinajstić information content (AvgIpc) is 2.38. The number of halogens is 2. The van der Waals surface area contributed by atoms with Crippen LogP contribution in [0.1, 0.15) is 18.0 Å². The highest BCUT2D eigenvalue weighted by atomic mass is 32.2. The monoisotopic (exact) mass is 273 g/mol. The highest BCUT2D eigenvalue weighted by Gasteiger charge is 2.19. The number of hydrogen-bond donors (Lipinski definition) is 1. The maximum Gasteiger partial charge on any atom is 0.261 e. The second-order valence-electron chi connectivity index (χ2n) is 4.15. The molecule has 0 aromatic heterocycles. The molecule has 0 spiro atoms. The van der Waals surface area contributed by atoms with Gasteiger partial charge in [-0.1, -0.05) is 18.2 Å². The second-order valence-corrected chi connectivity index (χ2v) is 5.28. The SMILES string of the molecule is FC(F)COCCNC1CCSc2ccccc21. The molecule has 1 N–H and O–H groups in total. The van der Waals surface area contributed by atoms with E-state index in [9.17, 15) is 8.78 Å². The molecule has 1 aromatic carbocycles. The summed E-state index contributed by atoms with van der Waals surface area (Å²) in [6, 6.07) is 8.64. The van der Waals surface area contributed by atoms with Gasteiger partial charge in [-0.25, -0.2) is 8.78 Å². The van der Waals surface area contributed by atoms with E-state index >= 15 is 0 Å². The van der Waals surface area contributed by atoms with Crippen molar-refractivity contribution in [2.75, 3.05) is 25.5 Å². The van der Waals surface area contributed by atoms with E-state index in [4.69, 9.17) is 4.74 Å². The van der Waals surface area contributed by atoms with Gasteiger partial charge in [0.2, 0.25) is 0 Å². The van der Waals surface area contributed by atoms with E-state index in [1.54, 1.807) is 0 Å². The molecule has 1 aliphatic heterocycles. The summed E-state index contributed by atoms with van der Waals surface area (Å²) in [4.78, 5) is 1.31. The predicted molar refractivity (Wildman–Crippen MR) is 69.3 cm³/mol. The van der Waals surface area contributed by atoms with Gasteiger partial charge < -0.3 is 10.1 Å². The Kier molecular flexibility index (Phi) is 5.41. The Morgan fingerprint density at radius 3 is 3.06 bits per heavy atom. The lowest BCUT2D eigenvalue weighted by Crippen LogP contribution is -2.28. The van der Waals surface area contributed by atoms with Crippen molar-refractivity contribution >= 4 is 11.8 Å². The molecule has 0 radical (unpaired) electrons. The van der Waals surface area contributed by atoms with Gasteiger partial charge in [0.15, 0.2) is 0 Å². The fourth-order valence-corrected chi connectivity index (χ4v) is 3.16. The first-order valence-corrected chi connectivity index (χ1v) is 7.07. The summed E-state index contributed by atoms with van der Waals surface area (Å²) in [6.07, 6.45) is -1.31. The summed E-state index contributed by atoms with van der Waals surface area (Å²) >= 11 is 1.87. The van der Waals surface area contributed by atoms with E-state index in [-0.39, 0.29) is 0 Å². The van der Waals surface area contributed by atoms with Gasteiger partial charge in [-0.15, -0.1) is 11.8 Å². The molecular weight excluding hydrogens is 256 g/mol. The van der Waals surface area contributed by atoms with E-state index < -0.39 is 13.0 Å². The first-order chi connectivity index (χ1) is 8.77. The van der Waals surface area contributed by atoms with Gasteiger partial charge in [0.1, 0.15) is 6.61 Å². The van der Waals surface area contributed by atoms with Gasteiger partial charge in [-0.05, 0) is 23.8 Å². The van der Waals surface area contributed by atoms with E-state index in [1.807, 2.05) is 23.9 Å². The lowest BCUT2D eigenvalue weighted by atomic mass is 10.0. The van der Waals surface area contributed by atoms with Crippen molar-refractivity contribution in [3.05, 3.63) is 29.8 Å². The van der Waals surface area contributed by atoms with Crippen LogP contribution in [0.25, 0.3) is 0 Å². The Hall–Kier alpha value is -0.650. The molecule has 0 fully saturated rings. The van der Waals surface area contributed by atoms with Crippen molar-refractivity contribution in [2.45, 2.75) is 23.8 Å². The highest BCUT2D eigenvalue weighted by molar-refractivity contribution is 7.99. The van der Waals surface area contributed by atoms with Crippen molar-refractivity contribution in [1.29, 1.82) is 0 Å². The summed E-state index contributed by atoms with van der Waals surface area (Å²) in [5.74, 6) is 1.09. The molecule has 0 saturated carbocycles. The Balaban J connectivity index is 1.77. The molecule has 5 heteroatoms. The lowest BCUT2D eigenvalue weighted by Gasteiger charge is -2.25. The van der Waals surface area contributed by atoms with Crippen LogP contribution in [0.2, 0.25) is 0 Å². The maximum absolute atomic E-state index is 11.9. The minimum absolute atomic E-state index is 0.317. The summed E-state index contributed by atoms with van der Waals surface area (Å²) in [7, 11) is 0. The maximum atomic E-state index is 11.9. The van der Waals surface area contributed by atoms with E-state index in [0.717, 1.165) is 12.2 Å². The Morgan fingerprint density at radius 2 is 2.22 bits per heavy atom. The lowest BCUT2D eigenvalue weighted by molar-refractivity contribution is 0.0181. The van der Waals surface area contributed by atoms with Gasteiger partial charge in [-0.2, -0.15) is 0 Å². The van der Waals surface area contributed by atoms with Crippen molar-refractivity contribution in [3.63, 3.8) is 0 Å². The fourth-order valence-electron chi connectivity index (χ4n) is 2.03. The third-order valence-corrected chi connectivity index (χ3v) is 3.96. The number of thioether (sulfide) groups is 1. The standard InChI is InChI=1S/C13H17F2NOS/c14-13(15)9-17-7-6-16-11-5-8-18-12-4-2-1-3-10(11)12/h1-4,11,13,16H,5-9H2. The number of benzene rings is 1. The quantitative estimate of drug-likeness (QED) is 0.805. The van der Waals surface area contributed by atoms with Crippen LogP contribution in [-0.2, 0) is 4.74 Å². The number of fused-ring (bicyclic) bond motifs is 1. The van der Waals surface area contributed by atoms with Gasteiger partial charge in [0.25, 0.3) is 6.43 Å². The topological polar surface area (TPSA) is 21.3 Å². The number of nitrogens with one attached hydrogen (secondary N) is 1. The fraction of sp³-hybridized carbons (Fsp3) is 0.538. The predicted octanol–water partition coefficient (Wildman–Crippen LogP) is 3.09. The molecule has 1 atom stereocenters. The third-order valence-electron chi connectivity index (χ3n) is 2.84. The van der Waals surface area contributed by atoms with Crippen LogP contribution < -0.4 is 5.32 Å². The molecule has 1 aliphatic rings. The van der Waals surface area contributed by atoms with E-state index in [0.29, 0.717) is 19.2 Å². The average molecular weight is 273 g/mol. The van der Waals surface area contributed by atoms with Gasteiger partial charge in [-0.3, -0.25) is 0 Å². The molecule has 0 bridgehead atoms. The van der Waals surface area contributed by atoms with Crippen LogP contribution in [0, 0.1) is 0 Å². The molecular formula is C13H17F2NOS. The molecule has 1 unspecified atom stereocenters. The molecule has 2 rings (SSSR count). The molecule has 18 heavy (non-hydrogen) atoms. The third kappa shape index (κ3) is 3.93. The molecule has 100 valence electrons.